The van der Waals surface area contributed by atoms with Gasteiger partial charge in [0.25, 0.3) is 0 Å². The van der Waals surface area contributed by atoms with Gasteiger partial charge in [-0.05, 0) is 24.8 Å². The largest absolute Gasteiger partial charge is 0.326 e. The third-order valence-electron chi connectivity index (χ3n) is 3.00. The van der Waals surface area contributed by atoms with E-state index >= 15 is 0 Å². The van der Waals surface area contributed by atoms with Gasteiger partial charge in [0, 0.05) is 18.7 Å². The normalized spacial score (nSPS) is 17.5. The topological polar surface area (TPSA) is 72.2 Å². The summed E-state index contributed by atoms with van der Waals surface area (Å²) in [5.41, 5.74) is 5.70. The van der Waals surface area contributed by atoms with Gasteiger partial charge in [0.1, 0.15) is 10.7 Å². The Morgan fingerprint density at radius 3 is 2.37 bits per heavy atom. The lowest BCUT2D eigenvalue weighted by atomic mass is 10.2. The molecule has 1 unspecified atom stereocenters. The standard InChI is InChI=1S/C11H13F3N2O2S/c12-7-3-9(14)11(4-8(7)13)19(17,18)16-5-10(15)6-1-2-6/h3-4,6,10,16H,1-2,5,15H2. The van der Waals surface area contributed by atoms with Gasteiger partial charge >= 0.3 is 0 Å². The van der Waals surface area contributed by atoms with E-state index in [9.17, 15) is 21.6 Å². The maximum Gasteiger partial charge on any atom is 0.243 e. The van der Waals surface area contributed by atoms with E-state index in [0.29, 0.717) is 6.07 Å². The van der Waals surface area contributed by atoms with Crippen molar-refractivity contribution < 1.29 is 21.6 Å². The molecule has 0 bridgehead atoms. The quantitative estimate of drug-likeness (QED) is 0.799. The molecule has 106 valence electrons. The van der Waals surface area contributed by atoms with Crippen molar-refractivity contribution in [2.75, 3.05) is 6.54 Å². The van der Waals surface area contributed by atoms with Gasteiger partial charge in [-0.3, -0.25) is 0 Å². The number of nitrogens with two attached hydrogens (primary N) is 1. The summed E-state index contributed by atoms with van der Waals surface area (Å²) in [6.45, 7) is -0.0641. The van der Waals surface area contributed by atoms with E-state index < -0.39 is 32.4 Å². The lowest BCUT2D eigenvalue weighted by Gasteiger charge is -2.12. The van der Waals surface area contributed by atoms with Crippen LogP contribution in [0.2, 0.25) is 0 Å². The van der Waals surface area contributed by atoms with Gasteiger partial charge in [-0.1, -0.05) is 0 Å². The van der Waals surface area contributed by atoms with Crippen LogP contribution in [0.25, 0.3) is 0 Å². The fourth-order valence-corrected chi connectivity index (χ4v) is 2.83. The summed E-state index contributed by atoms with van der Waals surface area (Å²) in [6, 6.07) is 0.156. The minimum Gasteiger partial charge on any atom is -0.326 e. The molecular formula is C11H13F3N2O2S. The van der Waals surface area contributed by atoms with Gasteiger partial charge in [-0.25, -0.2) is 26.3 Å². The smallest absolute Gasteiger partial charge is 0.243 e. The van der Waals surface area contributed by atoms with Crippen LogP contribution in [-0.4, -0.2) is 21.0 Å². The average molecular weight is 294 g/mol. The first-order valence-electron chi connectivity index (χ1n) is 5.71. The van der Waals surface area contributed by atoms with E-state index in [4.69, 9.17) is 5.73 Å². The zero-order valence-electron chi connectivity index (χ0n) is 9.87. The van der Waals surface area contributed by atoms with Crippen LogP contribution in [-0.2, 0) is 10.0 Å². The van der Waals surface area contributed by atoms with Gasteiger partial charge in [-0.15, -0.1) is 0 Å². The molecule has 0 heterocycles. The Kier molecular flexibility index (Phi) is 3.84. The first-order valence-corrected chi connectivity index (χ1v) is 7.19. The predicted molar refractivity (Wildman–Crippen MR) is 62.2 cm³/mol. The van der Waals surface area contributed by atoms with Crippen molar-refractivity contribution in [3.8, 4) is 0 Å². The van der Waals surface area contributed by atoms with Crippen LogP contribution in [0.4, 0.5) is 13.2 Å². The highest BCUT2D eigenvalue weighted by Crippen LogP contribution is 2.31. The van der Waals surface area contributed by atoms with E-state index in [-0.39, 0.29) is 24.6 Å². The molecule has 1 aliphatic carbocycles. The molecule has 2 rings (SSSR count). The second kappa shape index (κ2) is 5.10. The zero-order chi connectivity index (χ0) is 14.2. The number of sulfonamides is 1. The Labute approximate surface area is 108 Å². The lowest BCUT2D eigenvalue weighted by molar-refractivity contribution is 0.480. The van der Waals surface area contributed by atoms with Crippen LogP contribution in [0.3, 0.4) is 0 Å². The number of hydrogen-bond donors (Lipinski definition) is 2. The van der Waals surface area contributed by atoms with E-state index in [1.165, 1.54) is 0 Å². The van der Waals surface area contributed by atoms with E-state index in [1.807, 2.05) is 0 Å². The van der Waals surface area contributed by atoms with Crippen LogP contribution in [0.15, 0.2) is 17.0 Å². The molecule has 3 N–H and O–H groups in total. The number of nitrogens with one attached hydrogen (secondary N) is 1. The Balaban J connectivity index is 2.16. The molecule has 1 aromatic carbocycles. The predicted octanol–water partition coefficient (Wildman–Crippen LogP) is 1.12. The van der Waals surface area contributed by atoms with Crippen molar-refractivity contribution in [1.29, 1.82) is 0 Å². The minimum absolute atomic E-state index is 0.0641. The van der Waals surface area contributed by atoms with Crippen molar-refractivity contribution in [1.82, 2.24) is 4.72 Å². The highest BCUT2D eigenvalue weighted by molar-refractivity contribution is 7.89. The monoisotopic (exact) mass is 294 g/mol. The van der Waals surface area contributed by atoms with Crippen molar-refractivity contribution in [3.63, 3.8) is 0 Å². The molecular weight excluding hydrogens is 281 g/mol. The molecule has 0 aromatic heterocycles. The number of halogens is 3. The third-order valence-corrected chi connectivity index (χ3v) is 4.44. The van der Waals surface area contributed by atoms with E-state index in [2.05, 4.69) is 4.72 Å². The molecule has 0 radical (unpaired) electrons. The van der Waals surface area contributed by atoms with Gasteiger partial charge < -0.3 is 5.73 Å². The highest BCUT2D eigenvalue weighted by atomic mass is 32.2. The maximum absolute atomic E-state index is 13.4. The second-order valence-corrected chi connectivity index (χ2v) is 6.29. The Bertz CT molecular complexity index is 588. The molecule has 1 atom stereocenters. The molecule has 1 fully saturated rings. The Morgan fingerprint density at radius 2 is 1.79 bits per heavy atom. The number of hydrogen-bond acceptors (Lipinski definition) is 3. The SMILES string of the molecule is NC(CNS(=O)(=O)c1cc(F)c(F)cc1F)C1CC1. The minimum atomic E-state index is -4.24. The Hall–Kier alpha value is -1.12. The summed E-state index contributed by atoms with van der Waals surface area (Å²) < 4.78 is 64.7. The molecule has 0 saturated heterocycles. The fourth-order valence-electron chi connectivity index (χ4n) is 1.68. The first kappa shape index (κ1) is 14.3. The number of rotatable bonds is 5. The highest BCUT2D eigenvalue weighted by Gasteiger charge is 2.30. The summed E-state index contributed by atoms with van der Waals surface area (Å²) in [5.74, 6) is -3.94. The van der Waals surface area contributed by atoms with Crippen molar-refractivity contribution in [2.24, 2.45) is 11.7 Å². The first-order chi connectivity index (χ1) is 8.81. The maximum atomic E-state index is 13.4. The molecule has 1 aromatic rings. The molecule has 1 saturated carbocycles. The van der Waals surface area contributed by atoms with Crippen molar-refractivity contribution in [3.05, 3.63) is 29.6 Å². The summed E-state index contributed by atoms with van der Waals surface area (Å²) in [4.78, 5) is -0.922. The summed E-state index contributed by atoms with van der Waals surface area (Å²) >= 11 is 0. The molecule has 0 spiro atoms. The van der Waals surface area contributed by atoms with Gasteiger partial charge in [-0.2, -0.15) is 0 Å². The zero-order valence-corrected chi connectivity index (χ0v) is 10.7. The summed E-state index contributed by atoms with van der Waals surface area (Å²) in [6.07, 6.45) is 1.87. The molecule has 4 nitrogen and oxygen atoms in total. The molecule has 0 aliphatic heterocycles. The summed E-state index contributed by atoms with van der Waals surface area (Å²) in [5, 5.41) is 0. The van der Waals surface area contributed by atoms with E-state index in [0.717, 1.165) is 12.8 Å². The summed E-state index contributed by atoms with van der Waals surface area (Å²) in [7, 11) is -4.24. The van der Waals surface area contributed by atoms with E-state index in [1.54, 1.807) is 0 Å². The average Bonchev–Trinajstić information content (AvgIpc) is 3.14. The van der Waals surface area contributed by atoms with Crippen LogP contribution in [0, 0.1) is 23.4 Å². The van der Waals surface area contributed by atoms with Crippen LogP contribution in [0.5, 0.6) is 0 Å². The van der Waals surface area contributed by atoms with Crippen molar-refractivity contribution in [2.45, 2.75) is 23.8 Å². The van der Waals surface area contributed by atoms with Gasteiger partial charge in [0.05, 0.1) is 0 Å². The molecule has 0 amide bonds. The van der Waals surface area contributed by atoms with Crippen LogP contribution in [0.1, 0.15) is 12.8 Å². The van der Waals surface area contributed by atoms with Gasteiger partial charge in [0.15, 0.2) is 11.6 Å². The van der Waals surface area contributed by atoms with Crippen molar-refractivity contribution >= 4 is 10.0 Å². The van der Waals surface area contributed by atoms with Crippen LogP contribution >= 0.6 is 0 Å². The third kappa shape index (κ3) is 3.26. The molecule has 19 heavy (non-hydrogen) atoms. The Morgan fingerprint density at radius 1 is 1.21 bits per heavy atom. The van der Waals surface area contributed by atoms with Gasteiger partial charge in [0.2, 0.25) is 10.0 Å². The fraction of sp³-hybridized carbons (Fsp3) is 0.455. The second-order valence-electron chi connectivity index (χ2n) is 4.55. The number of benzene rings is 1. The molecule has 8 heteroatoms. The van der Waals surface area contributed by atoms with Crippen LogP contribution < -0.4 is 10.5 Å². The molecule has 1 aliphatic rings. The lowest BCUT2D eigenvalue weighted by Crippen LogP contribution is -2.38.